The van der Waals surface area contributed by atoms with E-state index in [9.17, 15) is 9.59 Å². The minimum absolute atomic E-state index is 0.307. The van der Waals surface area contributed by atoms with E-state index in [1.165, 1.54) is 6.42 Å². The second-order valence-electron chi connectivity index (χ2n) is 6.01. The Kier molecular flexibility index (Phi) is 7.32. The van der Waals surface area contributed by atoms with E-state index in [4.69, 9.17) is 9.47 Å². The number of allylic oxidation sites excluding steroid dienone is 1. The summed E-state index contributed by atoms with van der Waals surface area (Å²) >= 11 is 0. The SMILES string of the molecule is CCOc1ccc(OC(C)C(=O)NNC(=O)C=C2CCCCC2)cc1. The summed E-state index contributed by atoms with van der Waals surface area (Å²) in [5, 5.41) is 0. The van der Waals surface area contributed by atoms with E-state index in [0.717, 1.165) is 37.0 Å². The highest BCUT2D eigenvalue weighted by molar-refractivity contribution is 5.91. The number of hydrogen-bond donors (Lipinski definition) is 2. The van der Waals surface area contributed by atoms with Gasteiger partial charge in [0.2, 0.25) is 0 Å². The summed E-state index contributed by atoms with van der Waals surface area (Å²) in [7, 11) is 0. The monoisotopic (exact) mass is 346 g/mol. The third-order valence-corrected chi connectivity index (χ3v) is 3.96. The van der Waals surface area contributed by atoms with Gasteiger partial charge in [-0.25, -0.2) is 0 Å². The highest BCUT2D eigenvalue weighted by Crippen LogP contribution is 2.22. The highest BCUT2D eigenvalue weighted by Gasteiger charge is 2.15. The van der Waals surface area contributed by atoms with Gasteiger partial charge in [-0.3, -0.25) is 20.4 Å². The van der Waals surface area contributed by atoms with Crippen molar-refractivity contribution in [1.82, 2.24) is 10.9 Å². The van der Waals surface area contributed by atoms with Gasteiger partial charge in [-0.15, -0.1) is 0 Å². The summed E-state index contributed by atoms with van der Waals surface area (Å²) in [5.74, 6) is 0.583. The van der Waals surface area contributed by atoms with Crippen molar-refractivity contribution in [3.63, 3.8) is 0 Å². The summed E-state index contributed by atoms with van der Waals surface area (Å²) in [5.41, 5.74) is 5.93. The molecule has 0 radical (unpaired) electrons. The molecule has 0 heterocycles. The molecule has 2 rings (SSSR count). The van der Waals surface area contributed by atoms with Crippen LogP contribution in [0.25, 0.3) is 0 Å². The summed E-state index contributed by atoms with van der Waals surface area (Å²) in [6.07, 6.45) is 6.22. The number of benzene rings is 1. The van der Waals surface area contributed by atoms with Gasteiger partial charge >= 0.3 is 0 Å². The number of carbonyl (C=O) groups is 2. The lowest BCUT2D eigenvalue weighted by atomic mass is 9.95. The lowest BCUT2D eigenvalue weighted by Gasteiger charge is -2.16. The van der Waals surface area contributed by atoms with Crippen LogP contribution in [0.3, 0.4) is 0 Å². The molecular formula is C19H26N2O4. The van der Waals surface area contributed by atoms with Crippen LogP contribution in [0.2, 0.25) is 0 Å². The average molecular weight is 346 g/mol. The standard InChI is InChI=1S/C19H26N2O4/c1-3-24-16-9-11-17(12-10-16)25-14(2)19(23)21-20-18(22)13-15-7-5-4-6-8-15/h9-14H,3-8H2,1-2H3,(H,20,22)(H,21,23). The molecule has 2 N–H and O–H groups in total. The maximum Gasteiger partial charge on any atom is 0.279 e. The fourth-order valence-corrected chi connectivity index (χ4v) is 2.64. The van der Waals surface area contributed by atoms with E-state index in [-0.39, 0.29) is 5.91 Å². The van der Waals surface area contributed by atoms with Gasteiger partial charge < -0.3 is 9.47 Å². The Morgan fingerprint density at radius 1 is 1.08 bits per heavy atom. The number of rotatable bonds is 6. The van der Waals surface area contributed by atoms with Gasteiger partial charge in [-0.1, -0.05) is 12.0 Å². The van der Waals surface area contributed by atoms with Crippen LogP contribution in [0.5, 0.6) is 11.5 Å². The molecule has 6 heteroatoms. The molecule has 1 saturated carbocycles. The normalized spacial score (nSPS) is 15.0. The molecule has 1 unspecified atom stereocenters. The van der Waals surface area contributed by atoms with Gasteiger partial charge in [-0.05, 0) is 63.8 Å². The zero-order valence-corrected chi connectivity index (χ0v) is 14.8. The zero-order chi connectivity index (χ0) is 18.1. The molecule has 0 aliphatic heterocycles. The van der Waals surface area contributed by atoms with Gasteiger partial charge in [0.15, 0.2) is 6.10 Å². The molecule has 1 fully saturated rings. The number of carbonyl (C=O) groups excluding carboxylic acids is 2. The number of ether oxygens (including phenoxy) is 2. The van der Waals surface area contributed by atoms with Crippen LogP contribution in [0.15, 0.2) is 35.9 Å². The van der Waals surface area contributed by atoms with E-state index >= 15 is 0 Å². The quantitative estimate of drug-likeness (QED) is 0.613. The average Bonchev–Trinajstić information content (AvgIpc) is 2.62. The second-order valence-corrected chi connectivity index (χ2v) is 6.01. The fraction of sp³-hybridized carbons (Fsp3) is 0.474. The topological polar surface area (TPSA) is 76.7 Å². The molecule has 0 saturated heterocycles. The molecular weight excluding hydrogens is 320 g/mol. The maximum atomic E-state index is 12.0. The van der Waals surface area contributed by atoms with Crippen molar-refractivity contribution in [2.45, 2.75) is 52.1 Å². The summed E-state index contributed by atoms with van der Waals surface area (Å²) in [6, 6.07) is 7.03. The number of amides is 2. The second kappa shape index (κ2) is 9.71. The van der Waals surface area contributed by atoms with Crippen molar-refractivity contribution in [3.8, 4) is 11.5 Å². The van der Waals surface area contributed by atoms with Crippen molar-refractivity contribution in [2.24, 2.45) is 0 Å². The van der Waals surface area contributed by atoms with Gasteiger partial charge in [0.05, 0.1) is 6.61 Å². The molecule has 1 atom stereocenters. The Labute approximate surface area is 148 Å². The first kappa shape index (κ1) is 18.8. The maximum absolute atomic E-state index is 12.0. The van der Waals surface area contributed by atoms with Crippen molar-refractivity contribution < 1.29 is 19.1 Å². The Morgan fingerprint density at radius 2 is 1.72 bits per heavy atom. The van der Waals surface area contributed by atoms with E-state index in [2.05, 4.69) is 10.9 Å². The summed E-state index contributed by atoms with van der Waals surface area (Å²) in [6.45, 7) is 4.13. The van der Waals surface area contributed by atoms with Gasteiger partial charge in [0.25, 0.3) is 11.8 Å². The van der Waals surface area contributed by atoms with E-state index in [1.807, 2.05) is 6.92 Å². The molecule has 0 bridgehead atoms. The van der Waals surface area contributed by atoms with Crippen molar-refractivity contribution in [2.75, 3.05) is 6.61 Å². The first-order valence-corrected chi connectivity index (χ1v) is 8.77. The van der Waals surface area contributed by atoms with Crippen LogP contribution < -0.4 is 20.3 Å². The number of nitrogens with one attached hydrogen (secondary N) is 2. The Balaban J connectivity index is 1.76. The molecule has 0 aromatic heterocycles. The van der Waals surface area contributed by atoms with Crippen molar-refractivity contribution in [1.29, 1.82) is 0 Å². The predicted octanol–water partition coefficient (Wildman–Crippen LogP) is 2.89. The predicted molar refractivity (Wildman–Crippen MR) is 95.2 cm³/mol. The van der Waals surface area contributed by atoms with Gasteiger partial charge in [0, 0.05) is 6.08 Å². The van der Waals surface area contributed by atoms with Crippen LogP contribution in [0.1, 0.15) is 46.0 Å². The summed E-state index contributed by atoms with van der Waals surface area (Å²) in [4.78, 5) is 23.9. The van der Waals surface area contributed by atoms with Crippen LogP contribution in [-0.4, -0.2) is 24.5 Å². The van der Waals surface area contributed by atoms with Crippen LogP contribution >= 0.6 is 0 Å². The van der Waals surface area contributed by atoms with E-state index in [1.54, 1.807) is 37.3 Å². The van der Waals surface area contributed by atoms with Crippen molar-refractivity contribution in [3.05, 3.63) is 35.9 Å². The molecule has 1 aromatic carbocycles. The van der Waals surface area contributed by atoms with Crippen molar-refractivity contribution >= 4 is 11.8 Å². The van der Waals surface area contributed by atoms with Crippen LogP contribution in [-0.2, 0) is 9.59 Å². The number of hydrazine groups is 1. The van der Waals surface area contributed by atoms with Gasteiger partial charge in [-0.2, -0.15) is 0 Å². The van der Waals surface area contributed by atoms with Crippen LogP contribution in [0, 0.1) is 0 Å². The Hall–Kier alpha value is -2.50. The molecule has 0 spiro atoms. The Morgan fingerprint density at radius 3 is 2.36 bits per heavy atom. The van der Waals surface area contributed by atoms with Crippen LogP contribution in [0.4, 0.5) is 0 Å². The summed E-state index contributed by atoms with van der Waals surface area (Å²) < 4.78 is 10.9. The molecule has 1 aliphatic rings. The highest BCUT2D eigenvalue weighted by atomic mass is 16.5. The lowest BCUT2D eigenvalue weighted by molar-refractivity contribution is -0.131. The fourth-order valence-electron chi connectivity index (χ4n) is 2.64. The largest absolute Gasteiger partial charge is 0.494 e. The molecule has 136 valence electrons. The minimum atomic E-state index is -0.736. The minimum Gasteiger partial charge on any atom is -0.494 e. The van der Waals surface area contributed by atoms with E-state index in [0.29, 0.717) is 12.4 Å². The Bertz CT molecular complexity index is 602. The zero-order valence-electron chi connectivity index (χ0n) is 14.8. The van der Waals surface area contributed by atoms with E-state index < -0.39 is 12.0 Å². The van der Waals surface area contributed by atoms with Gasteiger partial charge in [0.1, 0.15) is 11.5 Å². The first-order chi connectivity index (χ1) is 12.1. The molecule has 25 heavy (non-hydrogen) atoms. The molecule has 1 aliphatic carbocycles. The number of hydrogen-bond acceptors (Lipinski definition) is 4. The first-order valence-electron chi connectivity index (χ1n) is 8.77. The smallest absolute Gasteiger partial charge is 0.279 e. The molecule has 6 nitrogen and oxygen atoms in total. The lowest BCUT2D eigenvalue weighted by Crippen LogP contribution is -2.46. The molecule has 2 amide bonds. The third kappa shape index (κ3) is 6.49. The third-order valence-electron chi connectivity index (χ3n) is 3.96. The molecule has 1 aromatic rings.